The summed E-state index contributed by atoms with van der Waals surface area (Å²) in [6, 6.07) is 24.1. The highest BCUT2D eigenvalue weighted by molar-refractivity contribution is 6.30. The second kappa shape index (κ2) is 11.7. The molecule has 0 aliphatic heterocycles. The van der Waals surface area contributed by atoms with Crippen molar-refractivity contribution in [2.75, 3.05) is 0 Å². The van der Waals surface area contributed by atoms with Gasteiger partial charge in [-0.25, -0.2) is 4.79 Å². The van der Waals surface area contributed by atoms with Crippen LogP contribution in [0.4, 0.5) is 22.4 Å². The predicted molar refractivity (Wildman–Crippen MR) is 139 cm³/mol. The third-order valence-electron chi connectivity index (χ3n) is 5.86. The van der Waals surface area contributed by atoms with Gasteiger partial charge in [0.05, 0.1) is 10.7 Å². The fourth-order valence-electron chi connectivity index (χ4n) is 3.99. The van der Waals surface area contributed by atoms with Crippen LogP contribution < -0.4 is 14.8 Å². The standard InChI is InChI=1S/C29H23ClF4N2O3/c1-19-10-13-23(14-11-19)38-27(37)36-28(17-20-6-3-2-4-7-20,25-15-12-22(30)18-35-25)21-8-5-9-24(16-21)39-29(33,34)26(31)32/h2-16,18,26H,17H2,1H3,(H,36,37)/t28-/m0/s1. The number of amides is 1. The van der Waals surface area contributed by atoms with Crippen molar-refractivity contribution in [2.45, 2.75) is 31.4 Å². The Hall–Kier alpha value is -4.11. The number of aromatic nitrogens is 1. The highest BCUT2D eigenvalue weighted by Crippen LogP contribution is 2.36. The third kappa shape index (κ3) is 6.86. The van der Waals surface area contributed by atoms with Gasteiger partial charge in [0, 0.05) is 12.6 Å². The van der Waals surface area contributed by atoms with Crippen LogP contribution in [0, 0.1) is 6.92 Å². The van der Waals surface area contributed by atoms with E-state index in [1.165, 1.54) is 12.3 Å². The van der Waals surface area contributed by atoms with Crippen LogP contribution in [0.5, 0.6) is 11.5 Å². The number of aryl methyl sites for hydroxylation is 1. The summed E-state index contributed by atoms with van der Waals surface area (Å²) in [7, 11) is 0. The summed E-state index contributed by atoms with van der Waals surface area (Å²) in [5.74, 6) is -0.262. The maximum absolute atomic E-state index is 13.8. The second-order valence-electron chi connectivity index (χ2n) is 8.75. The zero-order chi connectivity index (χ0) is 28.0. The molecule has 5 nitrogen and oxygen atoms in total. The molecule has 10 heteroatoms. The summed E-state index contributed by atoms with van der Waals surface area (Å²) in [6.45, 7) is 1.88. The first-order chi connectivity index (χ1) is 18.6. The molecule has 0 bridgehead atoms. The van der Waals surface area contributed by atoms with Crippen LogP contribution in [0.15, 0.2) is 97.2 Å². The van der Waals surface area contributed by atoms with E-state index in [9.17, 15) is 22.4 Å². The highest BCUT2D eigenvalue weighted by Gasteiger charge is 2.45. The van der Waals surface area contributed by atoms with Crippen molar-refractivity contribution in [3.8, 4) is 11.5 Å². The summed E-state index contributed by atoms with van der Waals surface area (Å²) in [6.07, 6.45) is -8.18. The SMILES string of the molecule is Cc1ccc(OC(=O)N[C@@](Cc2ccccc2)(c2cccc(OC(F)(F)C(F)F)c2)c2ccc(Cl)cn2)cc1. The monoisotopic (exact) mass is 558 g/mol. The number of rotatable bonds is 9. The van der Waals surface area contributed by atoms with Crippen LogP contribution in [-0.4, -0.2) is 23.6 Å². The van der Waals surface area contributed by atoms with Crippen LogP contribution in [0.2, 0.25) is 5.02 Å². The molecule has 0 aliphatic carbocycles. The molecule has 1 heterocycles. The number of benzene rings is 3. The largest absolute Gasteiger partial charge is 0.461 e. The van der Waals surface area contributed by atoms with E-state index in [0.717, 1.165) is 23.3 Å². The van der Waals surface area contributed by atoms with Crippen molar-refractivity contribution < 1.29 is 31.8 Å². The number of nitrogens with one attached hydrogen (secondary N) is 1. The van der Waals surface area contributed by atoms with Gasteiger partial charge >= 0.3 is 18.6 Å². The Kier molecular flexibility index (Phi) is 8.40. The summed E-state index contributed by atoms with van der Waals surface area (Å²) < 4.78 is 63.1. The number of pyridine rings is 1. The molecule has 0 aliphatic rings. The Morgan fingerprint density at radius 3 is 2.31 bits per heavy atom. The van der Waals surface area contributed by atoms with Gasteiger partial charge in [-0.05, 0) is 54.4 Å². The Balaban J connectivity index is 1.83. The maximum atomic E-state index is 13.8. The van der Waals surface area contributed by atoms with Crippen LogP contribution in [0.25, 0.3) is 0 Å². The number of nitrogens with zero attached hydrogens (tertiary/aromatic N) is 1. The van der Waals surface area contributed by atoms with Crippen molar-refractivity contribution in [2.24, 2.45) is 0 Å². The molecule has 0 spiro atoms. The summed E-state index contributed by atoms with van der Waals surface area (Å²) in [4.78, 5) is 17.7. The Bertz CT molecular complexity index is 1400. The Morgan fingerprint density at radius 2 is 1.67 bits per heavy atom. The molecule has 1 aromatic heterocycles. The van der Waals surface area contributed by atoms with Gasteiger partial charge in [-0.1, -0.05) is 71.8 Å². The van der Waals surface area contributed by atoms with Crippen molar-refractivity contribution in [1.82, 2.24) is 10.3 Å². The van der Waals surface area contributed by atoms with Crippen LogP contribution in [-0.2, 0) is 12.0 Å². The molecule has 3 aromatic carbocycles. The van der Waals surface area contributed by atoms with E-state index in [-0.39, 0.29) is 23.4 Å². The average molecular weight is 559 g/mol. The number of ether oxygens (including phenoxy) is 2. The van der Waals surface area contributed by atoms with Gasteiger partial charge in [-0.15, -0.1) is 0 Å². The fraction of sp³-hybridized carbons (Fsp3) is 0.172. The van der Waals surface area contributed by atoms with Crippen molar-refractivity contribution in [1.29, 1.82) is 0 Å². The van der Waals surface area contributed by atoms with Gasteiger partial charge in [0.15, 0.2) is 0 Å². The lowest BCUT2D eigenvalue weighted by Crippen LogP contribution is -2.50. The van der Waals surface area contributed by atoms with E-state index in [4.69, 9.17) is 16.3 Å². The molecule has 4 rings (SSSR count). The Morgan fingerprint density at radius 1 is 0.949 bits per heavy atom. The molecule has 0 fully saturated rings. The predicted octanol–water partition coefficient (Wildman–Crippen LogP) is 7.56. The minimum absolute atomic E-state index is 0.0835. The Labute approximate surface area is 227 Å². The summed E-state index contributed by atoms with van der Waals surface area (Å²) >= 11 is 6.07. The number of alkyl halides is 4. The number of hydrogen-bond acceptors (Lipinski definition) is 4. The molecule has 0 unspecified atom stereocenters. The molecule has 1 atom stereocenters. The first-order valence-electron chi connectivity index (χ1n) is 11.8. The molecule has 202 valence electrons. The zero-order valence-electron chi connectivity index (χ0n) is 20.6. The number of halogens is 5. The van der Waals surface area contributed by atoms with E-state index in [2.05, 4.69) is 15.0 Å². The van der Waals surface area contributed by atoms with E-state index in [1.54, 1.807) is 54.6 Å². The summed E-state index contributed by atoms with van der Waals surface area (Å²) in [5, 5.41) is 3.17. The zero-order valence-corrected chi connectivity index (χ0v) is 21.3. The third-order valence-corrected chi connectivity index (χ3v) is 6.08. The molecule has 1 amide bonds. The molecular formula is C29H23ClF4N2O3. The molecule has 0 saturated heterocycles. The lowest BCUT2D eigenvalue weighted by atomic mass is 9.80. The molecule has 39 heavy (non-hydrogen) atoms. The van der Waals surface area contributed by atoms with Gasteiger partial charge in [-0.2, -0.15) is 17.6 Å². The van der Waals surface area contributed by atoms with E-state index in [1.807, 2.05) is 25.1 Å². The van der Waals surface area contributed by atoms with Crippen molar-refractivity contribution in [3.63, 3.8) is 0 Å². The van der Waals surface area contributed by atoms with Gasteiger partial charge in [-0.3, -0.25) is 4.98 Å². The number of carbonyl (C=O) groups excluding carboxylic acids is 1. The fourth-order valence-corrected chi connectivity index (χ4v) is 4.10. The second-order valence-corrected chi connectivity index (χ2v) is 9.19. The van der Waals surface area contributed by atoms with Gasteiger partial charge in [0.1, 0.15) is 17.0 Å². The van der Waals surface area contributed by atoms with E-state index >= 15 is 0 Å². The van der Waals surface area contributed by atoms with Crippen LogP contribution in [0.1, 0.15) is 22.4 Å². The molecular weight excluding hydrogens is 536 g/mol. The van der Waals surface area contributed by atoms with Gasteiger partial charge < -0.3 is 14.8 Å². The van der Waals surface area contributed by atoms with Crippen molar-refractivity contribution >= 4 is 17.7 Å². The molecule has 0 radical (unpaired) electrons. The summed E-state index contributed by atoms with van der Waals surface area (Å²) in [5.41, 5.74) is 0.699. The minimum atomic E-state index is -4.73. The normalized spacial score (nSPS) is 13.0. The van der Waals surface area contributed by atoms with Gasteiger partial charge in [0.25, 0.3) is 0 Å². The van der Waals surface area contributed by atoms with Gasteiger partial charge in [0.2, 0.25) is 0 Å². The molecule has 0 saturated carbocycles. The lowest BCUT2D eigenvalue weighted by Gasteiger charge is -2.35. The van der Waals surface area contributed by atoms with Crippen LogP contribution in [0.3, 0.4) is 0 Å². The number of carbonyl (C=O) groups is 1. The highest BCUT2D eigenvalue weighted by atomic mass is 35.5. The van der Waals surface area contributed by atoms with E-state index < -0.39 is 29.9 Å². The minimum Gasteiger partial charge on any atom is -0.428 e. The smallest absolute Gasteiger partial charge is 0.428 e. The maximum Gasteiger partial charge on any atom is 0.461 e. The molecule has 1 N–H and O–H groups in total. The first kappa shape index (κ1) is 27.9. The average Bonchev–Trinajstić information content (AvgIpc) is 2.90. The quantitative estimate of drug-likeness (QED) is 0.215. The molecule has 4 aromatic rings. The van der Waals surface area contributed by atoms with E-state index in [0.29, 0.717) is 5.02 Å². The lowest BCUT2D eigenvalue weighted by molar-refractivity contribution is -0.253. The topological polar surface area (TPSA) is 60.5 Å². The van der Waals surface area contributed by atoms with Crippen LogP contribution >= 0.6 is 11.6 Å². The first-order valence-corrected chi connectivity index (χ1v) is 12.1. The van der Waals surface area contributed by atoms with Crippen molar-refractivity contribution in [3.05, 3.63) is 125 Å². The number of hydrogen-bond donors (Lipinski definition) is 1.